The molecule has 0 aliphatic carbocycles. The zero-order valence-corrected chi connectivity index (χ0v) is 19.1. The molecule has 0 aromatic heterocycles. The molecule has 0 N–H and O–H groups in total. The Labute approximate surface area is 192 Å². The topological polar surface area (TPSA) is 57.2 Å². The summed E-state index contributed by atoms with van der Waals surface area (Å²) < 4.78 is 58.9. The Morgan fingerprint density at radius 3 is 1.21 bits per heavy atom. The van der Waals surface area contributed by atoms with Crippen LogP contribution in [0.1, 0.15) is 0 Å². The summed E-state index contributed by atoms with van der Waals surface area (Å²) in [5.41, 5.74) is -3.11. The van der Waals surface area contributed by atoms with Crippen LogP contribution in [-0.4, -0.2) is 18.5 Å². The number of alkyl halides is 3. The molecule has 0 unspecified atom stereocenters. The monoisotopic (exact) mass is 488 g/mol. The van der Waals surface area contributed by atoms with Crippen molar-refractivity contribution in [3.63, 3.8) is 0 Å². The third-order valence-corrected chi connectivity index (χ3v) is 7.99. The van der Waals surface area contributed by atoms with Gasteiger partial charge in [0.15, 0.2) is 10.1 Å². The second-order valence-electron chi connectivity index (χ2n) is 6.95. The summed E-state index contributed by atoms with van der Waals surface area (Å²) in [6, 6.07) is 41.4. The minimum Gasteiger partial charge on any atom is -0.741 e. The van der Waals surface area contributed by atoms with Crippen molar-refractivity contribution in [2.24, 2.45) is 0 Å². The highest BCUT2D eigenvalue weighted by atomic mass is 32.2. The van der Waals surface area contributed by atoms with Crippen LogP contribution >= 0.6 is 7.92 Å². The van der Waals surface area contributed by atoms with Crippen molar-refractivity contribution >= 4 is 34.0 Å². The van der Waals surface area contributed by atoms with E-state index >= 15 is 0 Å². The molecule has 4 aromatic carbocycles. The number of hydrogen-bond acceptors (Lipinski definition) is 3. The SMILES string of the molecule is O=S(=O)([O-])C(F)(F)F.c1ccc(-c2ccc([PH+](c3ccccc3)c3ccccc3)cc2)cc1. The Balaban J connectivity index is 0.000000331. The minimum absolute atomic E-state index is 0.975. The van der Waals surface area contributed by atoms with E-state index < -0.39 is 23.5 Å². The fraction of sp³-hybridized carbons (Fsp3) is 0.0400. The average Bonchev–Trinajstić information content (AvgIpc) is 2.81. The Morgan fingerprint density at radius 1 is 0.545 bits per heavy atom. The molecule has 0 aliphatic rings. The van der Waals surface area contributed by atoms with Gasteiger partial charge in [0.1, 0.15) is 15.9 Å². The fourth-order valence-electron chi connectivity index (χ4n) is 3.17. The third kappa shape index (κ3) is 6.75. The van der Waals surface area contributed by atoms with Gasteiger partial charge in [-0.2, -0.15) is 13.2 Å². The van der Waals surface area contributed by atoms with Crippen LogP contribution in [0.25, 0.3) is 11.1 Å². The molecule has 0 spiro atoms. The molecular weight excluding hydrogens is 468 g/mol. The molecule has 0 saturated heterocycles. The second-order valence-corrected chi connectivity index (χ2v) is 10.8. The molecule has 33 heavy (non-hydrogen) atoms. The molecule has 0 amide bonds. The van der Waals surface area contributed by atoms with Gasteiger partial charge in [-0.15, -0.1) is 0 Å². The van der Waals surface area contributed by atoms with Crippen molar-refractivity contribution < 1.29 is 26.1 Å². The molecule has 0 bridgehead atoms. The van der Waals surface area contributed by atoms with Crippen molar-refractivity contribution in [2.75, 3.05) is 0 Å². The van der Waals surface area contributed by atoms with Crippen molar-refractivity contribution in [3.8, 4) is 11.1 Å². The lowest BCUT2D eigenvalue weighted by atomic mass is 10.1. The van der Waals surface area contributed by atoms with E-state index in [1.165, 1.54) is 27.0 Å². The molecule has 4 rings (SSSR count). The van der Waals surface area contributed by atoms with Gasteiger partial charge in [-0.25, -0.2) is 8.42 Å². The first-order chi connectivity index (χ1) is 15.7. The van der Waals surface area contributed by atoms with E-state index in [0.717, 1.165) is 0 Å². The molecule has 0 radical (unpaired) electrons. The maximum atomic E-state index is 10.7. The normalized spacial score (nSPS) is 11.5. The highest BCUT2D eigenvalue weighted by Crippen LogP contribution is 2.33. The van der Waals surface area contributed by atoms with Gasteiger partial charge in [-0.3, -0.25) is 0 Å². The van der Waals surface area contributed by atoms with Gasteiger partial charge < -0.3 is 4.55 Å². The van der Waals surface area contributed by atoms with Crippen molar-refractivity contribution in [2.45, 2.75) is 5.51 Å². The molecule has 3 nitrogen and oxygen atoms in total. The van der Waals surface area contributed by atoms with Crippen LogP contribution in [0, 0.1) is 0 Å². The Hall–Kier alpha value is -2.99. The van der Waals surface area contributed by atoms with E-state index in [4.69, 9.17) is 13.0 Å². The maximum Gasteiger partial charge on any atom is 0.485 e. The molecule has 170 valence electrons. The van der Waals surface area contributed by atoms with Gasteiger partial charge in [-0.1, -0.05) is 78.9 Å². The highest BCUT2D eigenvalue weighted by Gasteiger charge is 2.36. The van der Waals surface area contributed by atoms with Crippen LogP contribution in [0.15, 0.2) is 115 Å². The molecule has 0 heterocycles. The van der Waals surface area contributed by atoms with E-state index in [-0.39, 0.29) is 0 Å². The fourth-order valence-corrected chi connectivity index (χ4v) is 5.72. The van der Waals surface area contributed by atoms with E-state index in [1.54, 1.807) is 0 Å². The average molecular weight is 488 g/mol. The Kier molecular flexibility index (Phi) is 8.03. The summed E-state index contributed by atoms with van der Waals surface area (Å²) in [6.45, 7) is 0. The van der Waals surface area contributed by atoms with Crippen molar-refractivity contribution in [1.82, 2.24) is 0 Å². The number of benzene rings is 4. The molecule has 0 aliphatic heterocycles. The minimum atomic E-state index is -6.09. The molecular formula is C25H20F3O3PS. The van der Waals surface area contributed by atoms with E-state index in [1.807, 2.05) is 0 Å². The predicted molar refractivity (Wildman–Crippen MR) is 128 cm³/mol. The van der Waals surface area contributed by atoms with Crippen LogP contribution in [0.2, 0.25) is 0 Å². The van der Waals surface area contributed by atoms with E-state index in [0.29, 0.717) is 0 Å². The lowest BCUT2D eigenvalue weighted by molar-refractivity contribution is -0.0517. The number of rotatable bonds is 4. The Morgan fingerprint density at radius 2 is 0.848 bits per heavy atom. The Bertz CT molecular complexity index is 1210. The van der Waals surface area contributed by atoms with Gasteiger partial charge in [0.05, 0.1) is 7.92 Å². The van der Waals surface area contributed by atoms with Gasteiger partial charge >= 0.3 is 5.51 Å². The number of halogens is 3. The number of hydrogen-bond donors (Lipinski definition) is 0. The molecule has 8 heteroatoms. The standard InChI is InChI=1S/C24H19P.CHF3O3S/c1-4-10-20(11-5-1)21-16-18-24(19-17-21)25(22-12-6-2-7-13-22)23-14-8-3-9-15-23;2-1(3,4)8(5,6)7/h1-19H;(H,5,6,7). The van der Waals surface area contributed by atoms with Gasteiger partial charge in [0.25, 0.3) is 0 Å². The quantitative estimate of drug-likeness (QED) is 0.233. The summed E-state index contributed by atoms with van der Waals surface area (Å²) in [4.78, 5) is 0. The third-order valence-electron chi connectivity index (χ3n) is 4.69. The summed E-state index contributed by atoms with van der Waals surface area (Å²) in [5, 5.41) is 4.26. The van der Waals surface area contributed by atoms with E-state index in [2.05, 4.69) is 115 Å². The van der Waals surface area contributed by atoms with Gasteiger partial charge in [0, 0.05) is 0 Å². The molecule has 4 aromatic rings. The van der Waals surface area contributed by atoms with Crippen LogP contribution in [0.4, 0.5) is 13.2 Å². The van der Waals surface area contributed by atoms with Crippen molar-refractivity contribution in [1.29, 1.82) is 0 Å². The molecule has 0 saturated carbocycles. The largest absolute Gasteiger partial charge is 0.741 e. The second kappa shape index (κ2) is 10.8. The molecule has 0 atom stereocenters. The van der Waals surface area contributed by atoms with Crippen LogP contribution in [0.5, 0.6) is 0 Å². The van der Waals surface area contributed by atoms with Crippen molar-refractivity contribution in [3.05, 3.63) is 115 Å². The predicted octanol–water partition coefficient (Wildman–Crippen LogP) is 4.90. The summed E-state index contributed by atoms with van der Waals surface area (Å²) in [6.07, 6.45) is 0. The van der Waals surface area contributed by atoms with Crippen LogP contribution in [-0.2, 0) is 10.1 Å². The summed E-state index contributed by atoms with van der Waals surface area (Å²) in [7, 11) is -7.07. The summed E-state index contributed by atoms with van der Waals surface area (Å²) >= 11 is 0. The van der Waals surface area contributed by atoms with Crippen LogP contribution in [0.3, 0.4) is 0 Å². The lowest BCUT2D eigenvalue weighted by Gasteiger charge is -2.11. The maximum absolute atomic E-state index is 10.7. The van der Waals surface area contributed by atoms with Crippen LogP contribution < -0.4 is 15.9 Å². The summed E-state index contributed by atoms with van der Waals surface area (Å²) in [5.74, 6) is 0. The first kappa shape index (κ1) is 24.6. The van der Waals surface area contributed by atoms with Gasteiger partial charge in [-0.05, 0) is 47.5 Å². The lowest BCUT2D eigenvalue weighted by Crippen LogP contribution is -2.21. The first-order valence-corrected chi connectivity index (χ1v) is 12.7. The zero-order chi connectivity index (χ0) is 23.9. The van der Waals surface area contributed by atoms with Gasteiger partial charge in [0.2, 0.25) is 0 Å². The smallest absolute Gasteiger partial charge is 0.485 e. The van der Waals surface area contributed by atoms with E-state index in [9.17, 15) is 13.2 Å². The zero-order valence-electron chi connectivity index (χ0n) is 17.2. The molecule has 0 fully saturated rings. The first-order valence-electron chi connectivity index (χ1n) is 9.82. The highest BCUT2D eigenvalue weighted by molar-refractivity contribution is 7.86.